The van der Waals surface area contributed by atoms with Crippen LogP contribution in [0.3, 0.4) is 0 Å². The van der Waals surface area contributed by atoms with E-state index in [-0.39, 0.29) is 35.7 Å². The number of nitrogens with one attached hydrogen (secondary N) is 4. The Hall–Kier alpha value is -5.42. The van der Waals surface area contributed by atoms with Crippen molar-refractivity contribution in [2.24, 2.45) is 0 Å². The lowest BCUT2D eigenvalue weighted by Gasteiger charge is -2.32. The minimum absolute atomic E-state index is 0.0173. The van der Waals surface area contributed by atoms with E-state index in [2.05, 4.69) is 61.1 Å². The molecule has 0 bridgehead atoms. The molecule has 4 aromatic carbocycles. The molecule has 4 heterocycles. The van der Waals surface area contributed by atoms with Crippen molar-refractivity contribution in [1.29, 1.82) is 0 Å². The van der Waals surface area contributed by atoms with Crippen LogP contribution < -0.4 is 31.1 Å². The van der Waals surface area contributed by atoms with Crippen molar-refractivity contribution >= 4 is 65.0 Å². The minimum atomic E-state index is -3.43. The van der Waals surface area contributed by atoms with Gasteiger partial charge in [0.1, 0.15) is 11.6 Å². The number of benzene rings is 4. The van der Waals surface area contributed by atoms with Crippen molar-refractivity contribution in [3.63, 3.8) is 0 Å². The van der Waals surface area contributed by atoms with Crippen LogP contribution in [0.5, 0.6) is 0 Å². The molecule has 0 fully saturated rings. The average molecular weight is 863 g/mol. The van der Waals surface area contributed by atoms with Crippen LogP contribution in [-0.4, -0.2) is 92.2 Å². The summed E-state index contributed by atoms with van der Waals surface area (Å²) in [6.07, 6.45) is 0. The summed E-state index contributed by atoms with van der Waals surface area (Å²) in [6, 6.07) is 26.5. The van der Waals surface area contributed by atoms with E-state index in [0.29, 0.717) is 66.2 Å². The van der Waals surface area contributed by atoms with Gasteiger partial charge in [0.05, 0.1) is 32.3 Å². The lowest BCUT2D eigenvalue weighted by molar-refractivity contribution is 0.331. The van der Waals surface area contributed by atoms with Gasteiger partial charge in [-0.1, -0.05) is 59.7 Å². The number of aromatic nitrogens is 4. The first-order chi connectivity index (χ1) is 29.0. The van der Waals surface area contributed by atoms with Crippen LogP contribution in [0.1, 0.15) is 49.9 Å². The summed E-state index contributed by atoms with van der Waals surface area (Å²) in [5.41, 5.74) is 4.47. The molecule has 0 amide bonds. The predicted molar refractivity (Wildman–Crippen MR) is 244 cm³/mol. The Morgan fingerprint density at radius 3 is 1.41 bits per heavy atom. The maximum atomic E-state index is 13.1. The van der Waals surface area contributed by atoms with Gasteiger partial charge < -0.3 is 20.4 Å². The van der Waals surface area contributed by atoms with Crippen molar-refractivity contribution < 1.29 is 16.8 Å². The molecule has 0 spiro atoms. The molecule has 0 unspecified atom stereocenters. The summed E-state index contributed by atoms with van der Waals surface area (Å²) >= 11 is 0. The molecular formula is C45H54N10O4S2. The second-order valence-electron chi connectivity index (χ2n) is 17.5. The molecule has 0 atom stereocenters. The van der Waals surface area contributed by atoms with Crippen LogP contribution in [0.15, 0.2) is 94.7 Å². The lowest BCUT2D eigenvalue weighted by atomic mass is 10.0. The highest BCUT2D eigenvalue weighted by Crippen LogP contribution is 2.31. The zero-order valence-corrected chi connectivity index (χ0v) is 37.2. The Morgan fingerprint density at radius 2 is 0.984 bits per heavy atom. The first-order valence-electron chi connectivity index (χ1n) is 20.6. The van der Waals surface area contributed by atoms with Gasteiger partial charge in [-0.05, 0) is 89.1 Å². The summed E-state index contributed by atoms with van der Waals surface area (Å²) in [6.45, 7) is 15.5. The first-order valence-corrected chi connectivity index (χ1v) is 23.9. The number of fused-ring (bicyclic) bond motifs is 4. The van der Waals surface area contributed by atoms with Crippen LogP contribution in [0.25, 0.3) is 21.8 Å². The van der Waals surface area contributed by atoms with E-state index < -0.39 is 19.7 Å². The number of sulfone groups is 2. The van der Waals surface area contributed by atoms with Crippen molar-refractivity contribution in [1.82, 2.24) is 30.6 Å². The van der Waals surface area contributed by atoms with Crippen molar-refractivity contribution in [2.45, 2.75) is 75.5 Å². The molecule has 320 valence electrons. The van der Waals surface area contributed by atoms with Crippen LogP contribution >= 0.6 is 0 Å². The Bertz CT molecular complexity index is 2660. The number of hydrogen-bond donors (Lipinski definition) is 4. The largest absolute Gasteiger partial charge is 0.368 e. The van der Waals surface area contributed by atoms with E-state index in [1.54, 1.807) is 24.3 Å². The van der Waals surface area contributed by atoms with Gasteiger partial charge in [-0.2, -0.15) is 9.97 Å². The highest BCUT2D eigenvalue weighted by molar-refractivity contribution is 7.91. The van der Waals surface area contributed by atoms with Crippen molar-refractivity contribution in [3.05, 3.63) is 107 Å². The molecule has 8 rings (SSSR count). The Labute approximate surface area is 358 Å². The number of aryl methyl sites for hydroxylation is 2. The van der Waals surface area contributed by atoms with Crippen molar-refractivity contribution in [2.75, 3.05) is 64.8 Å². The third kappa shape index (κ3) is 9.42. The number of anilines is 4. The fraction of sp³-hybridized carbons (Fsp3) is 0.378. The first kappa shape index (κ1) is 42.3. The van der Waals surface area contributed by atoms with Crippen LogP contribution in [0.2, 0.25) is 0 Å². The van der Waals surface area contributed by atoms with E-state index in [1.807, 2.05) is 72.2 Å². The summed E-state index contributed by atoms with van der Waals surface area (Å²) < 4.78 is 52.5. The molecule has 16 heteroatoms. The zero-order valence-electron chi connectivity index (χ0n) is 35.6. The minimum Gasteiger partial charge on any atom is -0.368 e. The maximum absolute atomic E-state index is 13.1. The van der Waals surface area contributed by atoms with E-state index in [4.69, 9.17) is 19.9 Å². The molecule has 0 radical (unpaired) electrons. The molecule has 14 nitrogen and oxygen atoms in total. The normalized spacial score (nSPS) is 16.4. The molecule has 0 saturated heterocycles. The Morgan fingerprint density at radius 1 is 0.574 bits per heavy atom. The highest BCUT2D eigenvalue weighted by atomic mass is 32.2. The summed E-state index contributed by atoms with van der Waals surface area (Å²) in [7, 11) is -6.86. The van der Waals surface area contributed by atoms with Crippen molar-refractivity contribution in [3.8, 4) is 0 Å². The Kier molecular flexibility index (Phi) is 11.4. The van der Waals surface area contributed by atoms with E-state index in [9.17, 15) is 16.8 Å². The van der Waals surface area contributed by atoms with Crippen LogP contribution in [-0.2, 0) is 32.8 Å². The summed E-state index contributed by atoms with van der Waals surface area (Å²) in [5.74, 6) is 2.31. The fourth-order valence-electron chi connectivity index (χ4n) is 7.74. The number of rotatable bonds is 12. The lowest BCUT2D eigenvalue weighted by Crippen LogP contribution is -2.55. The third-order valence-corrected chi connectivity index (χ3v) is 14.9. The summed E-state index contributed by atoms with van der Waals surface area (Å²) in [5, 5.41) is 16.3. The van der Waals surface area contributed by atoms with E-state index >= 15 is 0 Å². The molecule has 2 aliphatic rings. The van der Waals surface area contributed by atoms with Gasteiger partial charge in [0.2, 0.25) is 11.9 Å². The maximum Gasteiger partial charge on any atom is 0.228 e. The topological polar surface area (TPSA) is 174 Å². The van der Waals surface area contributed by atoms with Gasteiger partial charge >= 0.3 is 0 Å². The van der Waals surface area contributed by atoms with Gasteiger partial charge in [0.25, 0.3) is 0 Å². The molecule has 0 saturated carbocycles. The number of nitrogens with zero attached hydrogens (tertiary/aromatic N) is 6. The van der Waals surface area contributed by atoms with Gasteiger partial charge in [0, 0.05) is 67.8 Å². The van der Waals surface area contributed by atoms with E-state index in [0.717, 1.165) is 44.1 Å². The molecule has 2 aliphatic heterocycles. The zero-order chi connectivity index (χ0) is 43.2. The van der Waals surface area contributed by atoms with E-state index in [1.165, 1.54) is 0 Å². The molecule has 0 aliphatic carbocycles. The van der Waals surface area contributed by atoms with Gasteiger partial charge in [-0.15, -0.1) is 0 Å². The summed E-state index contributed by atoms with van der Waals surface area (Å²) in [4.78, 5) is 24.5. The molecule has 2 aromatic heterocycles. The SMILES string of the molecule is Cc1ccc2nc(N3CCS(=O)(=O)c4ccccc4C3)nc(NCC(C)(C)NCNC(C)(C)CNc3nc(N4CCS(=O)(=O)c5ccccc5C4)nc4ccc(C)cc34)c2c1. The number of hydrogen-bond acceptors (Lipinski definition) is 14. The second-order valence-corrected chi connectivity index (χ2v) is 21.6. The standard InChI is InChI=1S/C45H54N10O4S2/c1-30-15-17-36-34(23-30)40(52-42(50-36)54-19-21-60(56,57)38-13-9-7-11-32(38)25-54)46-27-44(3,4)48-29-49-45(5,6)28-47-41-35-24-31(2)16-18-37(35)51-43(53-41)55-20-22-61(58,59)39-14-10-8-12-33(39)26-55/h7-18,23-24,48-49H,19-22,25-29H2,1-6H3,(H,46,50,52)(H,47,51,53). The molecular weight excluding hydrogens is 809 g/mol. The van der Waals surface area contributed by atoms with Crippen LogP contribution in [0, 0.1) is 13.8 Å². The van der Waals surface area contributed by atoms with Gasteiger partial charge in [-0.3, -0.25) is 10.6 Å². The van der Waals surface area contributed by atoms with Crippen LogP contribution in [0.4, 0.5) is 23.5 Å². The smallest absolute Gasteiger partial charge is 0.228 e. The second kappa shape index (κ2) is 16.5. The van der Waals surface area contributed by atoms with Gasteiger partial charge in [-0.25, -0.2) is 26.8 Å². The third-order valence-electron chi connectivity index (χ3n) is 11.4. The highest BCUT2D eigenvalue weighted by Gasteiger charge is 2.29. The molecule has 61 heavy (non-hydrogen) atoms. The fourth-order valence-corrected chi connectivity index (χ4v) is 10.7. The predicted octanol–water partition coefficient (Wildman–Crippen LogP) is 6.00. The quantitative estimate of drug-likeness (QED) is 0.106. The molecule has 6 aromatic rings. The molecule has 4 N–H and O–H groups in total. The Balaban J connectivity index is 0.938. The average Bonchev–Trinajstić information content (AvgIpc) is 3.45. The monoisotopic (exact) mass is 862 g/mol. The van der Waals surface area contributed by atoms with Gasteiger partial charge in [0.15, 0.2) is 19.7 Å².